The summed E-state index contributed by atoms with van der Waals surface area (Å²) >= 11 is 0. The minimum absolute atomic E-state index is 0.342. The van der Waals surface area contributed by atoms with Crippen molar-refractivity contribution in [2.24, 2.45) is 0 Å². The van der Waals surface area contributed by atoms with E-state index in [9.17, 15) is 4.79 Å². The number of likely N-dealkylation sites (tertiary alicyclic amines) is 1. The van der Waals surface area contributed by atoms with Crippen LogP contribution in [0.2, 0.25) is 0 Å². The first-order chi connectivity index (χ1) is 9.65. The summed E-state index contributed by atoms with van der Waals surface area (Å²) in [6.07, 6.45) is 2.54. The molecule has 0 aliphatic carbocycles. The van der Waals surface area contributed by atoms with Gasteiger partial charge in [-0.25, -0.2) is 4.79 Å². The Balaban J connectivity index is 1.84. The molecule has 5 heteroatoms. The number of esters is 1. The molecule has 1 N–H and O–H groups in total. The third-order valence-electron chi connectivity index (χ3n) is 3.96. The van der Waals surface area contributed by atoms with Crippen LogP contribution < -0.4 is 5.32 Å². The Labute approximate surface area is 120 Å². The van der Waals surface area contributed by atoms with Crippen LogP contribution >= 0.6 is 0 Å². The third kappa shape index (κ3) is 3.41. The van der Waals surface area contributed by atoms with Crippen molar-refractivity contribution in [2.45, 2.75) is 39.3 Å². The van der Waals surface area contributed by atoms with Crippen LogP contribution in [-0.4, -0.2) is 43.7 Å². The van der Waals surface area contributed by atoms with E-state index in [1.165, 1.54) is 26.5 Å². The number of carbonyl (C=O) groups is 1. The third-order valence-corrected chi connectivity index (χ3v) is 3.96. The second kappa shape index (κ2) is 6.90. The zero-order chi connectivity index (χ0) is 14.5. The number of nitrogens with one attached hydrogen (secondary N) is 1. The predicted molar refractivity (Wildman–Crippen MR) is 76.8 cm³/mol. The van der Waals surface area contributed by atoms with Crippen LogP contribution in [0, 0.1) is 6.92 Å². The Hall–Kier alpha value is -1.33. The van der Waals surface area contributed by atoms with Crippen LogP contribution in [0.3, 0.4) is 0 Å². The van der Waals surface area contributed by atoms with Gasteiger partial charge in [0.1, 0.15) is 17.1 Å². The molecule has 1 unspecified atom stereocenters. The molecule has 1 aliphatic heterocycles. The number of likely N-dealkylation sites (N-methyl/N-ethyl adjacent to an activating group) is 1. The van der Waals surface area contributed by atoms with Crippen LogP contribution in [0.15, 0.2) is 10.5 Å². The van der Waals surface area contributed by atoms with Crippen LogP contribution in [0.1, 0.15) is 41.6 Å². The van der Waals surface area contributed by atoms with Crippen LogP contribution in [0.4, 0.5) is 0 Å². The molecular formula is C15H24N2O3. The van der Waals surface area contributed by atoms with E-state index in [4.69, 9.17) is 9.15 Å². The number of carbonyl (C=O) groups excluding carboxylic acids is 1. The second-order valence-electron chi connectivity index (χ2n) is 5.23. The van der Waals surface area contributed by atoms with E-state index in [0.29, 0.717) is 23.9 Å². The zero-order valence-corrected chi connectivity index (χ0v) is 12.6. The van der Waals surface area contributed by atoms with Crippen LogP contribution in [-0.2, 0) is 11.3 Å². The van der Waals surface area contributed by atoms with Gasteiger partial charge in [-0.2, -0.15) is 0 Å². The van der Waals surface area contributed by atoms with E-state index in [1.54, 1.807) is 13.0 Å². The van der Waals surface area contributed by atoms with Gasteiger partial charge < -0.3 is 14.5 Å². The number of aryl methyl sites for hydroxylation is 1. The number of hydrogen-bond acceptors (Lipinski definition) is 5. The smallest absolute Gasteiger partial charge is 0.341 e. The lowest BCUT2D eigenvalue weighted by atomic mass is 10.2. The van der Waals surface area contributed by atoms with Gasteiger partial charge in [-0.3, -0.25) is 4.90 Å². The van der Waals surface area contributed by atoms with Gasteiger partial charge in [-0.15, -0.1) is 0 Å². The molecule has 2 rings (SSSR count). The highest BCUT2D eigenvalue weighted by molar-refractivity contribution is 5.90. The number of ether oxygens (including phenoxy) is 1. The predicted octanol–water partition coefficient (Wildman–Crippen LogP) is 1.95. The lowest BCUT2D eigenvalue weighted by Gasteiger charge is -2.22. The Morgan fingerprint density at radius 2 is 2.40 bits per heavy atom. The summed E-state index contributed by atoms with van der Waals surface area (Å²) in [4.78, 5) is 14.0. The highest BCUT2D eigenvalue weighted by Crippen LogP contribution is 2.17. The van der Waals surface area contributed by atoms with E-state index in [2.05, 4.69) is 17.1 Å². The summed E-state index contributed by atoms with van der Waals surface area (Å²) < 4.78 is 10.3. The Bertz CT molecular complexity index is 456. The zero-order valence-electron chi connectivity index (χ0n) is 12.6. The number of rotatable bonds is 6. The van der Waals surface area contributed by atoms with Gasteiger partial charge in [0, 0.05) is 12.6 Å². The monoisotopic (exact) mass is 280 g/mol. The average molecular weight is 280 g/mol. The molecule has 1 aliphatic rings. The first-order valence-corrected chi connectivity index (χ1v) is 7.28. The minimum Gasteiger partial charge on any atom is -0.465 e. The van der Waals surface area contributed by atoms with Crippen molar-refractivity contribution in [3.63, 3.8) is 0 Å². The van der Waals surface area contributed by atoms with Crippen molar-refractivity contribution in [3.8, 4) is 0 Å². The van der Waals surface area contributed by atoms with E-state index >= 15 is 0 Å². The molecule has 1 atom stereocenters. The van der Waals surface area contributed by atoms with Gasteiger partial charge in [-0.1, -0.05) is 6.92 Å². The summed E-state index contributed by atoms with van der Waals surface area (Å²) in [6, 6.07) is 2.39. The second-order valence-corrected chi connectivity index (χ2v) is 5.23. The Morgan fingerprint density at radius 3 is 3.10 bits per heavy atom. The molecule has 2 heterocycles. The lowest BCUT2D eigenvalue weighted by molar-refractivity contribution is 0.0599. The summed E-state index contributed by atoms with van der Waals surface area (Å²) in [5.41, 5.74) is 0.514. The molecule has 1 aromatic rings. The SMILES string of the molecule is CCN1CCCC1CNCc1cc(C(=O)OC)c(C)o1. The number of furan rings is 1. The topological polar surface area (TPSA) is 54.7 Å². The first kappa shape index (κ1) is 15.1. The molecule has 0 spiro atoms. The molecule has 0 amide bonds. The summed E-state index contributed by atoms with van der Waals surface area (Å²) in [5, 5.41) is 3.42. The summed E-state index contributed by atoms with van der Waals surface area (Å²) in [5.74, 6) is 1.05. The maximum absolute atomic E-state index is 11.5. The van der Waals surface area contributed by atoms with E-state index < -0.39 is 0 Å². The molecule has 5 nitrogen and oxygen atoms in total. The number of nitrogens with zero attached hydrogens (tertiary/aromatic N) is 1. The molecule has 0 saturated carbocycles. The van der Waals surface area contributed by atoms with Crippen LogP contribution in [0.5, 0.6) is 0 Å². The number of methoxy groups -OCH3 is 1. The minimum atomic E-state index is -0.342. The molecule has 1 aromatic heterocycles. The van der Waals surface area contributed by atoms with Gasteiger partial charge in [0.2, 0.25) is 0 Å². The largest absolute Gasteiger partial charge is 0.465 e. The summed E-state index contributed by atoms with van der Waals surface area (Å²) in [7, 11) is 1.38. The van der Waals surface area contributed by atoms with Crippen molar-refractivity contribution in [2.75, 3.05) is 26.7 Å². The highest BCUT2D eigenvalue weighted by Gasteiger charge is 2.22. The maximum Gasteiger partial charge on any atom is 0.341 e. The molecule has 1 fully saturated rings. The normalized spacial score (nSPS) is 19.4. The summed E-state index contributed by atoms with van der Waals surface area (Å²) in [6.45, 7) is 7.91. The fraction of sp³-hybridized carbons (Fsp3) is 0.667. The maximum atomic E-state index is 11.5. The van der Waals surface area contributed by atoms with Gasteiger partial charge in [-0.05, 0) is 38.9 Å². The lowest BCUT2D eigenvalue weighted by Crippen LogP contribution is -2.37. The molecule has 0 radical (unpaired) electrons. The standard InChI is InChI=1S/C15H24N2O3/c1-4-17-7-5-6-12(17)9-16-10-13-8-14(11(2)20-13)15(18)19-3/h8,12,16H,4-7,9-10H2,1-3H3. The van der Waals surface area contributed by atoms with E-state index in [-0.39, 0.29) is 5.97 Å². The van der Waals surface area contributed by atoms with Crippen molar-refractivity contribution in [1.29, 1.82) is 0 Å². The highest BCUT2D eigenvalue weighted by atomic mass is 16.5. The van der Waals surface area contributed by atoms with Crippen molar-refractivity contribution in [3.05, 3.63) is 23.2 Å². The molecule has 112 valence electrons. The molecule has 0 bridgehead atoms. The molecule has 0 aromatic carbocycles. The van der Waals surface area contributed by atoms with Crippen molar-refractivity contribution >= 4 is 5.97 Å². The van der Waals surface area contributed by atoms with Gasteiger partial charge in [0.25, 0.3) is 0 Å². The fourth-order valence-electron chi connectivity index (χ4n) is 2.85. The fourth-order valence-corrected chi connectivity index (χ4v) is 2.85. The van der Waals surface area contributed by atoms with Crippen molar-refractivity contribution in [1.82, 2.24) is 10.2 Å². The van der Waals surface area contributed by atoms with Gasteiger partial charge in [0.05, 0.1) is 13.7 Å². The van der Waals surface area contributed by atoms with Gasteiger partial charge in [0.15, 0.2) is 0 Å². The Morgan fingerprint density at radius 1 is 1.60 bits per heavy atom. The molecular weight excluding hydrogens is 256 g/mol. The Kier molecular flexibility index (Phi) is 5.20. The van der Waals surface area contributed by atoms with Crippen LogP contribution in [0.25, 0.3) is 0 Å². The molecule has 1 saturated heterocycles. The quantitative estimate of drug-likeness (QED) is 0.807. The first-order valence-electron chi connectivity index (χ1n) is 7.28. The van der Waals surface area contributed by atoms with Crippen molar-refractivity contribution < 1.29 is 13.9 Å². The van der Waals surface area contributed by atoms with E-state index in [1.807, 2.05) is 0 Å². The average Bonchev–Trinajstić information content (AvgIpc) is 3.04. The van der Waals surface area contributed by atoms with E-state index in [0.717, 1.165) is 18.8 Å². The van der Waals surface area contributed by atoms with Gasteiger partial charge >= 0.3 is 5.97 Å². The molecule has 20 heavy (non-hydrogen) atoms. The number of hydrogen-bond donors (Lipinski definition) is 1.